The largest absolute Gasteiger partial charge is 0.491 e. The van der Waals surface area contributed by atoms with Crippen LogP contribution in [0.3, 0.4) is 0 Å². The third-order valence-electron chi connectivity index (χ3n) is 2.84. The van der Waals surface area contributed by atoms with Crippen LogP contribution in [-0.4, -0.2) is 33.5 Å². The van der Waals surface area contributed by atoms with Gasteiger partial charge in [0.15, 0.2) is 0 Å². The molecule has 0 unspecified atom stereocenters. The molecule has 7 nitrogen and oxygen atoms in total. The Morgan fingerprint density at radius 2 is 2.25 bits per heavy atom. The molecule has 0 saturated heterocycles. The molecule has 2 heterocycles. The maximum atomic E-state index is 9.62. The van der Waals surface area contributed by atoms with E-state index in [1.54, 1.807) is 12.1 Å². The zero-order chi connectivity index (χ0) is 13.9. The van der Waals surface area contributed by atoms with E-state index in [2.05, 4.69) is 15.1 Å². The van der Waals surface area contributed by atoms with Crippen molar-refractivity contribution in [2.75, 3.05) is 0 Å². The smallest absolute Gasteiger partial charge is 0.438 e. The maximum absolute atomic E-state index is 9.62. The van der Waals surface area contributed by atoms with E-state index in [0.717, 1.165) is 5.56 Å². The van der Waals surface area contributed by atoms with Crippen LogP contribution in [-0.2, 0) is 11.3 Å². The summed E-state index contributed by atoms with van der Waals surface area (Å²) in [6.07, 6.45) is 4.00. The topological polar surface area (TPSA) is 97.1 Å². The molecule has 2 aromatic rings. The quantitative estimate of drug-likeness (QED) is 0.360. The summed E-state index contributed by atoms with van der Waals surface area (Å²) < 4.78 is 10.6. The minimum atomic E-state index is -0.914. The SMILES string of the molecule is O/N=C/c1cnc(Oc2ccc3c(c2)B(O)OC3)cn1. The molecule has 1 aliphatic rings. The molecule has 0 fully saturated rings. The van der Waals surface area contributed by atoms with Crippen LogP contribution >= 0.6 is 0 Å². The Morgan fingerprint density at radius 1 is 1.35 bits per heavy atom. The van der Waals surface area contributed by atoms with Crippen molar-refractivity contribution in [2.45, 2.75) is 6.61 Å². The van der Waals surface area contributed by atoms with Gasteiger partial charge < -0.3 is 19.6 Å². The number of rotatable bonds is 3. The second-order valence-corrected chi connectivity index (χ2v) is 4.15. The molecule has 3 rings (SSSR count). The number of hydrogen-bond donors (Lipinski definition) is 2. The summed E-state index contributed by atoms with van der Waals surface area (Å²) in [6.45, 7) is 0.395. The molecular formula is C12H10BN3O4. The Kier molecular flexibility index (Phi) is 3.32. The fraction of sp³-hybridized carbons (Fsp3) is 0.0833. The predicted octanol–water partition coefficient (Wildman–Crippen LogP) is 0.295. The zero-order valence-corrected chi connectivity index (χ0v) is 10.3. The van der Waals surface area contributed by atoms with Gasteiger partial charge in [-0.05, 0) is 23.2 Å². The van der Waals surface area contributed by atoms with Gasteiger partial charge in [0.1, 0.15) is 11.4 Å². The standard InChI is InChI=1S/C12H10BN3O4/c17-13-11-3-10(2-1-8(11)7-19-13)20-12-6-14-9(4-15-12)5-16-18/h1-6,17-18H,7H2/b16-5+. The lowest BCUT2D eigenvalue weighted by atomic mass is 9.79. The van der Waals surface area contributed by atoms with Gasteiger partial charge in [-0.2, -0.15) is 0 Å². The summed E-state index contributed by atoms with van der Waals surface area (Å²) in [5.41, 5.74) is 2.04. The molecule has 8 heteroatoms. The number of oxime groups is 1. The second kappa shape index (κ2) is 5.28. The van der Waals surface area contributed by atoms with Gasteiger partial charge in [0.25, 0.3) is 0 Å². The number of hydrogen-bond acceptors (Lipinski definition) is 7. The predicted molar refractivity (Wildman–Crippen MR) is 70.3 cm³/mol. The van der Waals surface area contributed by atoms with Crippen molar-refractivity contribution in [2.24, 2.45) is 5.16 Å². The Morgan fingerprint density at radius 3 is 3.00 bits per heavy atom. The van der Waals surface area contributed by atoms with Crippen LogP contribution < -0.4 is 10.2 Å². The fourth-order valence-electron chi connectivity index (χ4n) is 1.88. The minimum Gasteiger partial charge on any atom is -0.438 e. The Labute approximate surface area is 114 Å². The van der Waals surface area contributed by atoms with Gasteiger partial charge in [-0.3, -0.25) is 0 Å². The van der Waals surface area contributed by atoms with E-state index in [1.165, 1.54) is 18.6 Å². The summed E-state index contributed by atoms with van der Waals surface area (Å²) in [6, 6.07) is 5.31. The molecular weight excluding hydrogens is 261 g/mol. The van der Waals surface area contributed by atoms with Crippen LogP contribution in [0, 0.1) is 0 Å². The lowest BCUT2D eigenvalue weighted by molar-refractivity contribution is 0.275. The first kappa shape index (κ1) is 12.6. The molecule has 0 aliphatic carbocycles. The lowest BCUT2D eigenvalue weighted by Gasteiger charge is -2.06. The van der Waals surface area contributed by atoms with Gasteiger partial charge in [-0.15, -0.1) is 0 Å². The number of benzene rings is 1. The first-order chi connectivity index (χ1) is 9.76. The van der Waals surface area contributed by atoms with E-state index in [-0.39, 0.29) is 0 Å². The van der Waals surface area contributed by atoms with Crippen LogP contribution in [0.5, 0.6) is 11.6 Å². The van der Waals surface area contributed by atoms with E-state index in [9.17, 15) is 5.02 Å². The molecule has 1 aliphatic heterocycles. The van der Waals surface area contributed by atoms with Crippen LogP contribution in [0.1, 0.15) is 11.3 Å². The van der Waals surface area contributed by atoms with Crippen LogP contribution in [0.2, 0.25) is 0 Å². The van der Waals surface area contributed by atoms with Crippen molar-refractivity contribution in [3.63, 3.8) is 0 Å². The Hall–Kier alpha value is -2.45. The molecule has 0 spiro atoms. The number of ether oxygens (including phenoxy) is 1. The second-order valence-electron chi connectivity index (χ2n) is 4.15. The van der Waals surface area contributed by atoms with Gasteiger partial charge >= 0.3 is 7.12 Å². The van der Waals surface area contributed by atoms with Crippen molar-refractivity contribution in [1.29, 1.82) is 0 Å². The van der Waals surface area contributed by atoms with Crippen molar-refractivity contribution in [1.82, 2.24) is 9.97 Å². The van der Waals surface area contributed by atoms with Gasteiger partial charge in [0.05, 0.1) is 25.2 Å². The van der Waals surface area contributed by atoms with Crippen molar-refractivity contribution < 1.29 is 19.6 Å². The Bertz CT molecular complexity index is 648. The molecule has 1 aromatic heterocycles. The normalized spacial score (nSPS) is 13.8. The highest BCUT2D eigenvalue weighted by Crippen LogP contribution is 2.20. The molecule has 0 bridgehead atoms. The lowest BCUT2D eigenvalue weighted by Crippen LogP contribution is -2.27. The van der Waals surface area contributed by atoms with E-state index >= 15 is 0 Å². The number of aromatic nitrogens is 2. The molecule has 0 amide bonds. The molecule has 1 aromatic carbocycles. The average molecular weight is 271 g/mol. The number of fused-ring (bicyclic) bond motifs is 1. The highest BCUT2D eigenvalue weighted by molar-refractivity contribution is 6.61. The zero-order valence-electron chi connectivity index (χ0n) is 10.3. The van der Waals surface area contributed by atoms with Crippen LogP contribution in [0.15, 0.2) is 35.7 Å². The van der Waals surface area contributed by atoms with Crippen molar-refractivity contribution in [3.8, 4) is 11.6 Å². The first-order valence-electron chi connectivity index (χ1n) is 5.86. The monoisotopic (exact) mass is 271 g/mol. The van der Waals surface area contributed by atoms with E-state index in [4.69, 9.17) is 14.6 Å². The van der Waals surface area contributed by atoms with Crippen molar-refractivity contribution in [3.05, 3.63) is 41.9 Å². The third kappa shape index (κ3) is 2.47. The van der Waals surface area contributed by atoms with Crippen molar-refractivity contribution >= 4 is 18.8 Å². The minimum absolute atomic E-state index is 0.299. The highest BCUT2D eigenvalue weighted by Gasteiger charge is 2.27. The number of nitrogens with zero attached hydrogens (tertiary/aromatic N) is 3. The highest BCUT2D eigenvalue weighted by atomic mass is 16.5. The average Bonchev–Trinajstić information content (AvgIpc) is 2.83. The molecule has 2 N–H and O–H groups in total. The molecule has 0 radical (unpaired) electrons. The molecule has 20 heavy (non-hydrogen) atoms. The van der Waals surface area contributed by atoms with E-state index in [0.29, 0.717) is 29.4 Å². The van der Waals surface area contributed by atoms with E-state index < -0.39 is 7.12 Å². The molecule has 100 valence electrons. The van der Waals surface area contributed by atoms with Gasteiger partial charge in [0, 0.05) is 0 Å². The summed E-state index contributed by atoms with van der Waals surface area (Å²) in [5, 5.41) is 20.9. The van der Waals surface area contributed by atoms with Gasteiger partial charge in [0.2, 0.25) is 5.88 Å². The van der Waals surface area contributed by atoms with Gasteiger partial charge in [-0.25, -0.2) is 9.97 Å². The first-order valence-corrected chi connectivity index (χ1v) is 5.86. The molecule has 0 atom stereocenters. The third-order valence-corrected chi connectivity index (χ3v) is 2.84. The summed E-state index contributed by atoms with van der Waals surface area (Å²) >= 11 is 0. The van der Waals surface area contributed by atoms with Crippen LogP contribution in [0.25, 0.3) is 0 Å². The summed E-state index contributed by atoms with van der Waals surface area (Å²) in [5.74, 6) is 0.833. The maximum Gasteiger partial charge on any atom is 0.491 e. The van der Waals surface area contributed by atoms with Crippen LogP contribution in [0.4, 0.5) is 0 Å². The molecule has 0 saturated carbocycles. The van der Waals surface area contributed by atoms with Gasteiger partial charge in [-0.1, -0.05) is 11.2 Å². The summed E-state index contributed by atoms with van der Waals surface area (Å²) in [7, 11) is -0.914. The summed E-state index contributed by atoms with van der Waals surface area (Å²) in [4.78, 5) is 8.01. The van der Waals surface area contributed by atoms with E-state index in [1.807, 2.05) is 6.07 Å². The fourth-order valence-corrected chi connectivity index (χ4v) is 1.88. The Balaban J connectivity index is 1.79.